The number of ether oxygens (including phenoxy) is 1. The minimum atomic E-state index is -1.12. The van der Waals surface area contributed by atoms with E-state index in [1.54, 1.807) is 12.1 Å². The molecule has 0 saturated heterocycles. The molecule has 1 aromatic carbocycles. The molecule has 0 aromatic heterocycles. The van der Waals surface area contributed by atoms with Gasteiger partial charge in [0.2, 0.25) is 0 Å². The van der Waals surface area contributed by atoms with Crippen molar-refractivity contribution in [1.29, 1.82) is 0 Å². The van der Waals surface area contributed by atoms with Gasteiger partial charge in [0, 0.05) is 18.7 Å². The van der Waals surface area contributed by atoms with Crippen molar-refractivity contribution >= 4 is 11.8 Å². The molecule has 0 fully saturated rings. The van der Waals surface area contributed by atoms with Gasteiger partial charge in [-0.3, -0.25) is 15.4 Å². The number of nitrogens with one attached hydrogen (secondary N) is 1. The third-order valence-corrected chi connectivity index (χ3v) is 3.17. The molecule has 120 valence electrons. The zero-order valence-electron chi connectivity index (χ0n) is 12.2. The number of nitro groups is 1. The molecule has 1 rings (SSSR count). The Kier molecular flexibility index (Phi) is 7.63. The summed E-state index contributed by atoms with van der Waals surface area (Å²) >= 11 is 0. The van der Waals surface area contributed by atoms with Gasteiger partial charge >= 0.3 is 6.09 Å². The Labute approximate surface area is 128 Å². The van der Waals surface area contributed by atoms with Gasteiger partial charge in [0.15, 0.2) is 0 Å². The van der Waals surface area contributed by atoms with Crippen molar-refractivity contribution in [2.75, 3.05) is 13.3 Å². The number of benzene rings is 1. The van der Waals surface area contributed by atoms with E-state index >= 15 is 0 Å². The lowest BCUT2D eigenvalue weighted by Crippen LogP contribution is -2.24. The van der Waals surface area contributed by atoms with Crippen molar-refractivity contribution in [3.63, 3.8) is 0 Å². The third-order valence-electron chi connectivity index (χ3n) is 3.17. The Morgan fingerprint density at radius 2 is 2.14 bits per heavy atom. The maximum Gasteiger partial charge on any atom is 0.406 e. The van der Waals surface area contributed by atoms with E-state index in [0.717, 1.165) is 24.8 Å². The molecule has 1 amide bonds. The van der Waals surface area contributed by atoms with Crippen LogP contribution in [0.4, 0.5) is 10.5 Å². The van der Waals surface area contributed by atoms with Crippen LogP contribution in [0.5, 0.6) is 0 Å². The fourth-order valence-electron chi connectivity index (χ4n) is 2.06. The number of hydrogen-bond acceptors (Lipinski definition) is 4. The first kappa shape index (κ1) is 17.6. The lowest BCUT2D eigenvalue weighted by Gasteiger charge is -2.15. The normalized spacial score (nSPS) is 11.6. The molecule has 0 bridgehead atoms. The van der Waals surface area contributed by atoms with E-state index < -0.39 is 11.0 Å². The minimum absolute atomic E-state index is 0.0341. The van der Waals surface area contributed by atoms with Crippen molar-refractivity contribution in [2.45, 2.75) is 19.3 Å². The SMILES string of the molecule is C=CCC(CCOCNC(=O)O)Cc1ccc([N+](=O)[O-])cc1. The number of nitrogens with zero attached hydrogens (tertiary/aromatic N) is 1. The fraction of sp³-hybridized carbons (Fsp3) is 0.400. The molecule has 7 heteroatoms. The summed E-state index contributed by atoms with van der Waals surface area (Å²) in [5, 5.41) is 21.2. The topological polar surface area (TPSA) is 102 Å². The number of non-ortho nitro benzene ring substituents is 1. The molecule has 1 atom stereocenters. The predicted octanol–water partition coefficient (Wildman–Crippen LogP) is 2.96. The average Bonchev–Trinajstić information content (AvgIpc) is 2.47. The number of rotatable bonds is 10. The molecule has 22 heavy (non-hydrogen) atoms. The molecular formula is C15H20N2O5. The zero-order valence-corrected chi connectivity index (χ0v) is 12.2. The van der Waals surface area contributed by atoms with Crippen LogP contribution in [-0.2, 0) is 11.2 Å². The van der Waals surface area contributed by atoms with E-state index in [1.807, 2.05) is 6.08 Å². The van der Waals surface area contributed by atoms with Crippen molar-refractivity contribution < 1.29 is 19.6 Å². The standard InChI is InChI=1S/C15H20N2O5/c1-2-3-12(8-9-22-11-16-15(18)19)10-13-4-6-14(7-5-13)17(20)21/h2,4-7,12,16H,1,3,8-11H2,(H,18,19). The van der Waals surface area contributed by atoms with Gasteiger partial charge < -0.3 is 9.84 Å². The molecule has 0 heterocycles. The summed E-state index contributed by atoms with van der Waals surface area (Å²) in [5.74, 6) is 0.295. The summed E-state index contributed by atoms with van der Waals surface area (Å²) in [5.41, 5.74) is 1.09. The molecule has 7 nitrogen and oxygen atoms in total. The second-order valence-corrected chi connectivity index (χ2v) is 4.84. The Bertz CT molecular complexity index is 501. The van der Waals surface area contributed by atoms with Crippen LogP contribution in [0.1, 0.15) is 18.4 Å². The summed E-state index contributed by atoms with van der Waals surface area (Å²) in [7, 11) is 0. The van der Waals surface area contributed by atoms with Gasteiger partial charge in [0.05, 0.1) is 4.92 Å². The monoisotopic (exact) mass is 308 g/mol. The molecule has 0 spiro atoms. The smallest absolute Gasteiger partial charge is 0.406 e. The molecule has 0 aliphatic heterocycles. The lowest BCUT2D eigenvalue weighted by atomic mass is 9.93. The first-order valence-electron chi connectivity index (χ1n) is 6.91. The second kappa shape index (κ2) is 9.51. The van der Waals surface area contributed by atoms with E-state index in [0.29, 0.717) is 12.5 Å². The lowest BCUT2D eigenvalue weighted by molar-refractivity contribution is -0.384. The number of carboxylic acid groups (broad SMARTS) is 1. The van der Waals surface area contributed by atoms with Crippen LogP contribution >= 0.6 is 0 Å². The van der Waals surface area contributed by atoms with Crippen molar-refractivity contribution in [2.24, 2.45) is 5.92 Å². The van der Waals surface area contributed by atoms with Gasteiger partial charge in [-0.1, -0.05) is 18.2 Å². The summed E-state index contributed by atoms with van der Waals surface area (Å²) in [6, 6.07) is 6.49. The van der Waals surface area contributed by atoms with Gasteiger partial charge in [-0.25, -0.2) is 4.79 Å². The third kappa shape index (κ3) is 6.85. The number of carbonyl (C=O) groups is 1. The zero-order chi connectivity index (χ0) is 16.4. The number of allylic oxidation sites excluding steroid dienone is 1. The van der Waals surface area contributed by atoms with E-state index in [1.165, 1.54) is 12.1 Å². The van der Waals surface area contributed by atoms with E-state index in [-0.39, 0.29) is 12.4 Å². The van der Waals surface area contributed by atoms with Crippen LogP contribution in [-0.4, -0.2) is 29.5 Å². The molecule has 0 radical (unpaired) electrons. The Hall–Kier alpha value is -2.41. The van der Waals surface area contributed by atoms with E-state index in [9.17, 15) is 14.9 Å². The maximum absolute atomic E-state index is 10.6. The van der Waals surface area contributed by atoms with Gasteiger partial charge in [0.25, 0.3) is 5.69 Å². The molecule has 0 aliphatic carbocycles. The predicted molar refractivity (Wildman–Crippen MR) is 81.7 cm³/mol. The van der Waals surface area contributed by atoms with Crippen molar-refractivity contribution in [3.8, 4) is 0 Å². The summed E-state index contributed by atoms with van der Waals surface area (Å²) < 4.78 is 5.19. The molecule has 1 unspecified atom stereocenters. The quantitative estimate of drug-likeness (QED) is 0.227. The molecule has 0 saturated carbocycles. The summed E-state index contributed by atoms with van der Waals surface area (Å²) in [6.45, 7) is 4.13. The Morgan fingerprint density at radius 1 is 1.45 bits per heavy atom. The van der Waals surface area contributed by atoms with Crippen molar-refractivity contribution in [1.82, 2.24) is 5.32 Å². The fourth-order valence-corrected chi connectivity index (χ4v) is 2.06. The minimum Gasteiger partial charge on any atom is -0.465 e. The van der Waals surface area contributed by atoms with Gasteiger partial charge in [-0.15, -0.1) is 6.58 Å². The average molecular weight is 308 g/mol. The highest BCUT2D eigenvalue weighted by Gasteiger charge is 2.10. The van der Waals surface area contributed by atoms with Crippen LogP contribution in [0.25, 0.3) is 0 Å². The largest absolute Gasteiger partial charge is 0.465 e. The number of amides is 1. The van der Waals surface area contributed by atoms with Crippen molar-refractivity contribution in [3.05, 3.63) is 52.6 Å². The maximum atomic E-state index is 10.6. The summed E-state index contributed by atoms with van der Waals surface area (Å²) in [6.07, 6.45) is 3.02. The van der Waals surface area contributed by atoms with Gasteiger partial charge in [-0.2, -0.15) is 0 Å². The summed E-state index contributed by atoms with van der Waals surface area (Å²) in [4.78, 5) is 20.5. The van der Waals surface area contributed by atoms with E-state index in [2.05, 4.69) is 11.9 Å². The van der Waals surface area contributed by atoms with Crippen LogP contribution in [0, 0.1) is 16.0 Å². The Morgan fingerprint density at radius 3 is 2.68 bits per heavy atom. The van der Waals surface area contributed by atoms with Crippen LogP contribution in [0.3, 0.4) is 0 Å². The molecule has 0 aliphatic rings. The van der Waals surface area contributed by atoms with E-state index in [4.69, 9.17) is 9.84 Å². The first-order valence-corrected chi connectivity index (χ1v) is 6.91. The first-order chi connectivity index (χ1) is 10.5. The number of hydrogen-bond donors (Lipinski definition) is 2. The highest BCUT2D eigenvalue weighted by atomic mass is 16.6. The van der Waals surface area contributed by atoms with Crippen LogP contribution in [0.2, 0.25) is 0 Å². The highest BCUT2D eigenvalue weighted by molar-refractivity contribution is 5.64. The Balaban J connectivity index is 2.44. The van der Waals surface area contributed by atoms with Crippen LogP contribution in [0.15, 0.2) is 36.9 Å². The van der Waals surface area contributed by atoms with Crippen LogP contribution < -0.4 is 5.32 Å². The molecular weight excluding hydrogens is 288 g/mol. The highest BCUT2D eigenvalue weighted by Crippen LogP contribution is 2.19. The molecule has 1 aromatic rings. The van der Waals surface area contributed by atoms with Gasteiger partial charge in [0.1, 0.15) is 6.73 Å². The molecule has 2 N–H and O–H groups in total. The van der Waals surface area contributed by atoms with Gasteiger partial charge in [-0.05, 0) is 30.7 Å². The second-order valence-electron chi connectivity index (χ2n) is 4.84. The number of nitro benzene ring substituents is 1.